The van der Waals surface area contributed by atoms with E-state index in [2.05, 4.69) is 13.5 Å². The third kappa shape index (κ3) is 6.91. The fourth-order valence-corrected chi connectivity index (χ4v) is 1.51. The lowest BCUT2D eigenvalue weighted by Crippen LogP contribution is -1.96. The Morgan fingerprint density at radius 2 is 2.17 bits per heavy atom. The third-order valence-corrected chi connectivity index (χ3v) is 2.70. The van der Waals surface area contributed by atoms with E-state index in [1.165, 1.54) is 0 Å². The molecule has 1 N–H and O–H groups in total. The van der Waals surface area contributed by atoms with Crippen LogP contribution in [0.4, 0.5) is 0 Å². The fraction of sp³-hybridized carbons (Fsp3) is 0.750. The largest absolute Gasteiger partial charge is 0.512 e. The first-order valence-electron chi connectivity index (χ1n) is 4.00. The van der Waals surface area contributed by atoms with Crippen LogP contribution >= 0.6 is 17.9 Å². The van der Waals surface area contributed by atoms with Crippen LogP contribution in [0.5, 0.6) is 0 Å². The van der Waals surface area contributed by atoms with Gasteiger partial charge in [0, 0.05) is 6.42 Å². The van der Waals surface area contributed by atoms with Gasteiger partial charge >= 0.3 is 8.03 Å². The average Bonchev–Trinajstić information content (AvgIpc) is 1.97. The highest BCUT2D eigenvalue weighted by Gasteiger charge is 2.23. The second-order valence-corrected chi connectivity index (χ2v) is 3.87. The summed E-state index contributed by atoms with van der Waals surface area (Å²) < 4.78 is 10.6. The highest BCUT2D eigenvalue weighted by Crippen LogP contribution is 2.27. The summed E-state index contributed by atoms with van der Waals surface area (Å²) in [6, 6.07) is 0. The zero-order valence-electron chi connectivity index (χ0n) is 7.70. The fourth-order valence-electron chi connectivity index (χ4n) is 0.922. The summed E-state index contributed by atoms with van der Waals surface area (Å²) in [4.78, 5) is 8.75. The van der Waals surface area contributed by atoms with Gasteiger partial charge < -0.3 is 0 Å². The van der Waals surface area contributed by atoms with E-state index in [1.807, 2.05) is 0 Å². The number of hydrogen-bond donors (Lipinski definition) is 1. The molecule has 0 amide bonds. The van der Waals surface area contributed by atoms with Crippen molar-refractivity contribution >= 4 is 17.9 Å². The van der Waals surface area contributed by atoms with Gasteiger partial charge in [0.1, 0.15) is 0 Å². The normalized spacial score (nSPS) is 13.0. The molecule has 3 unspecified atom stereocenters. The van der Waals surface area contributed by atoms with Gasteiger partial charge in [-0.2, -0.15) is 14.8 Å². The van der Waals surface area contributed by atoms with E-state index in [9.17, 15) is 4.57 Å². The van der Waals surface area contributed by atoms with E-state index >= 15 is 0 Å². The van der Waals surface area contributed by atoms with Crippen molar-refractivity contribution in [2.75, 3.05) is 0 Å². The summed E-state index contributed by atoms with van der Waals surface area (Å²) in [5.74, 6) is 0. The molecule has 0 aliphatic heterocycles. The predicted molar refractivity (Wildman–Crippen MR) is 59.1 cm³/mol. The molecule has 0 fully saturated rings. The number of rotatable bonds is 6. The van der Waals surface area contributed by atoms with Crippen LogP contribution in [0.1, 0.15) is 32.6 Å². The zero-order valence-corrected chi connectivity index (χ0v) is 10.0. The highest BCUT2D eigenvalue weighted by atomic mass is 31.1. The van der Waals surface area contributed by atoms with E-state index in [0.29, 0.717) is 0 Å². The molecule has 2 nitrogen and oxygen atoms in total. The van der Waals surface area contributed by atoms with Crippen LogP contribution in [0, 0.1) is 0 Å². The van der Waals surface area contributed by atoms with Crippen molar-refractivity contribution in [3.63, 3.8) is 0 Å². The quantitative estimate of drug-likeness (QED) is 0.415. The Labute approximate surface area is 78.9 Å². The van der Waals surface area contributed by atoms with Gasteiger partial charge in [-0.05, 0) is 17.1 Å². The first kappa shape index (κ1) is 14.7. The van der Waals surface area contributed by atoms with Gasteiger partial charge in [-0.15, -0.1) is 0 Å². The van der Waals surface area contributed by atoms with Gasteiger partial charge in [-0.3, -0.25) is 0 Å². The molecule has 0 aliphatic carbocycles. The van der Waals surface area contributed by atoms with Crippen LogP contribution in [0.3, 0.4) is 0 Å². The van der Waals surface area contributed by atoms with Crippen LogP contribution in [0.2, 0.25) is 0 Å². The number of allylic oxidation sites excluding steroid dienone is 1. The molecule has 0 saturated heterocycles. The minimum atomic E-state index is -2.05. The summed E-state index contributed by atoms with van der Waals surface area (Å²) in [6.45, 7) is 5.63. The maximum Gasteiger partial charge on any atom is 0.512 e. The van der Waals surface area contributed by atoms with Crippen LogP contribution in [0.15, 0.2) is 12.7 Å². The number of hydrogen-bond acceptors (Lipinski definition) is 1. The third-order valence-electron chi connectivity index (χ3n) is 1.66. The lowest BCUT2D eigenvalue weighted by atomic mass is 10.1. The SMILES string of the molecule is C=CC(CCCCC)[P+](=O)O.P. The lowest BCUT2D eigenvalue weighted by molar-refractivity contribution is 0.490. The molecule has 0 aromatic carbocycles. The van der Waals surface area contributed by atoms with Crippen molar-refractivity contribution < 1.29 is 9.46 Å². The van der Waals surface area contributed by atoms with Gasteiger partial charge in [0.2, 0.25) is 5.66 Å². The van der Waals surface area contributed by atoms with Crippen molar-refractivity contribution in [3.05, 3.63) is 12.7 Å². The molecular weight excluding hydrogens is 190 g/mol. The summed E-state index contributed by atoms with van der Waals surface area (Å²) >= 11 is 0. The first-order valence-corrected chi connectivity index (χ1v) is 5.28. The smallest absolute Gasteiger partial charge is 0.160 e. The molecule has 0 aromatic heterocycles. The predicted octanol–water partition coefficient (Wildman–Crippen LogP) is 2.91. The van der Waals surface area contributed by atoms with Gasteiger partial charge in [0.05, 0.1) is 0 Å². The Morgan fingerprint density at radius 3 is 2.50 bits per heavy atom. The van der Waals surface area contributed by atoms with E-state index in [1.54, 1.807) is 6.08 Å². The van der Waals surface area contributed by atoms with Crippen LogP contribution in [-0.2, 0) is 4.57 Å². The topological polar surface area (TPSA) is 37.3 Å². The lowest BCUT2D eigenvalue weighted by Gasteiger charge is -1.96. The number of unbranched alkanes of at least 4 members (excludes halogenated alkanes) is 2. The van der Waals surface area contributed by atoms with Crippen molar-refractivity contribution in [2.45, 2.75) is 38.3 Å². The molecule has 0 aliphatic rings. The molecule has 3 atom stereocenters. The maximum atomic E-state index is 10.6. The molecule has 0 aromatic rings. The molecule has 0 bridgehead atoms. The Kier molecular flexibility index (Phi) is 11.4. The molecular formula is C8H19O2P2+. The molecule has 0 saturated carbocycles. The van der Waals surface area contributed by atoms with Crippen molar-refractivity contribution in [1.82, 2.24) is 0 Å². The first-order chi connectivity index (χ1) is 5.22. The molecule has 4 heteroatoms. The van der Waals surface area contributed by atoms with E-state index in [-0.39, 0.29) is 15.6 Å². The minimum absolute atomic E-state index is 0. The molecule has 0 heterocycles. The minimum Gasteiger partial charge on any atom is -0.160 e. The molecule has 0 rings (SSSR count). The van der Waals surface area contributed by atoms with Gasteiger partial charge in [0.25, 0.3) is 0 Å². The molecule has 0 spiro atoms. The van der Waals surface area contributed by atoms with Crippen molar-refractivity contribution in [2.24, 2.45) is 0 Å². The summed E-state index contributed by atoms with van der Waals surface area (Å²) in [7, 11) is -2.05. The van der Waals surface area contributed by atoms with Gasteiger partial charge in [-0.25, -0.2) is 0 Å². The molecule has 12 heavy (non-hydrogen) atoms. The van der Waals surface area contributed by atoms with Crippen LogP contribution in [0.25, 0.3) is 0 Å². The highest BCUT2D eigenvalue weighted by molar-refractivity contribution is 7.39. The Balaban J connectivity index is 0. The maximum absolute atomic E-state index is 10.6. The van der Waals surface area contributed by atoms with Crippen molar-refractivity contribution in [1.29, 1.82) is 0 Å². The molecule has 72 valence electrons. The Morgan fingerprint density at radius 1 is 1.58 bits per heavy atom. The Hall–Kier alpha value is 0.230. The second kappa shape index (κ2) is 9.32. The monoisotopic (exact) mass is 209 g/mol. The average molecular weight is 209 g/mol. The zero-order chi connectivity index (χ0) is 8.69. The summed E-state index contributed by atoms with van der Waals surface area (Å²) in [6.07, 6.45) is 5.67. The Bertz CT molecular complexity index is 137. The van der Waals surface area contributed by atoms with E-state index < -0.39 is 8.03 Å². The second-order valence-electron chi connectivity index (χ2n) is 2.60. The van der Waals surface area contributed by atoms with Crippen LogP contribution in [-0.4, -0.2) is 10.6 Å². The molecule has 0 radical (unpaired) electrons. The van der Waals surface area contributed by atoms with E-state index in [4.69, 9.17) is 4.89 Å². The van der Waals surface area contributed by atoms with Gasteiger partial charge in [-0.1, -0.05) is 26.3 Å². The summed E-state index contributed by atoms with van der Waals surface area (Å²) in [5, 5.41) is 0. The van der Waals surface area contributed by atoms with Crippen LogP contribution < -0.4 is 0 Å². The van der Waals surface area contributed by atoms with Gasteiger partial charge in [0.15, 0.2) is 0 Å². The van der Waals surface area contributed by atoms with Crippen molar-refractivity contribution in [3.8, 4) is 0 Å². The summed E-state index contributed by atoms with van der Waals surface area (Å²) in [5.41, 5.74) is -0.198. The standard InChI is InChI=1S/C8H15O2P.H3P/c1-3-5-6-7-8(4-2)11(9)10;/h4,8H,2-3,5-7H2,1H3;1H3/p+1. The van der Waals surface area contributed by atoms with E-state index in [0.717, 1.165) is 25.7 Å².